The molecule has 0 radical (unpaired) electrons. The van der Waals surface area contributed by atoms with E-state index in [4.69, 9.17) is 12.2 Å². The average Bonchev–Trinajstić information content (AvgIpc) is 2.61. The van der Waals surface area contributed by atoms with Crippen LogP contribution in [0.1, 0.15) is 0 Å². The number of hydrogen-bond acceptors (Lipinski definition) is 3. The van der Waals surface area contributed by atoms with E-state index in [0.29, 0.717) is 4.77 Å². The number of H-pyrrole nitrogens is 1. The van der Waals surface area contributed by atoms with E-state index in [1.54, 1.807) is 11.8 Å². The molecule has 72 valence electrons. The minimum absolute atomic E-state index is 0.626. The monoisotopic (exact) mass is 223 g/mol. The van der Waals surface area contributed by atoms with Crippen LogP contribution in [0.4, 0.5) is 0 Å². The summed E-state index contributed by atoms with van der Waals surface area (Å²) in [5.41, 5.74) is 1.04. The summed E-state index contributed by atoms with van der Waals surface area (Å²) >= 11 is 6.72. The molecule has 0 saturated carbocycles. The van der Waals surface area contributed by atoms with Gasteiger partial charge in [0.05, 0.1) is 5.69 Å². The van der Waals surface area contributed by atoms with Crippen LogP contribution in [0, 0.1) is 4.77 Å². The quantitative estimate of drug-likeness (QED) is 0.627. The first-order chi connectivity index (χ1) is 6.83. The summed E-state index contributed by atoms with van der Waals surface area (Å²) in [5.74, 6) is 0. The van der Waals surface area contributed by atoms with Gasteiger partial charge in [-0.05, 0) is 30.6 Å². The number of para-hydroxylation sites is 1. The van der Waals surface area contributed by atoms with Gasteiger partial charge in [-0.3, -0.25) is 9.67 Å². The maximum Gasteiger partial charge on any atom is 0.200 e. The van der Waals surface area contributed by atoms with Gasteiger partial charge < -0.3 is 0 Å². The number of rotatable bonds is 2. The number of thioether (sulfide) groups is 1. The van der Waals surface area contributed by atoms with E-state index < -0.39 is 0 Å². The van der Waals surface area contributed by atoms with Crippen LogP contribution < -0.4 is 0 Å². The molecule has 0 fully saturated rings. The molecule has 3 nitrogen and oxygen atoms in total. The lowest BCUT2D eigenvalue weighted by atomic mass is 10.3. The van der Waals surface area contributed by atoms with Crippen LogP contribution in [0.2, 0.25) is 0 Å². The number of aromatic amines is 1. The molecule has 0 unspecified atom stereocenters. The number of hydrogen-bond donors (Lipinski definition) is 1. The molecule has 0 aliphatic heterocycles. The molecule has 0 saturated heterocycles. The molecule has 1 aromatic carbocycles. The van der Waals surface area contributed by atoms with Gasteiger partial charge in [0.2, 0.25) is 4.77 Å². The SMILES string of the molecule is CSc1n[nH]c(=S)n1-c1ccccc1. The van der Waals surface area contributed by atoms with E-state index in [1.807, 2.05) is 41.2 Å². The molecule has 0 aliphatic carbocycles. The maximum atomic E-state index is 5.15. The molecular formula is C9H9N3S2. The Hall–Kier alpha value is -1.07. The van der Waals surface area contributed by atoms with Crippen molar-refractivity contribution in [2.75, 3.05) is 6.26 Å². The Labute approximate surface area is 91.2 Å². The topological polar surface area (TPSA) is 33.6 Å². The normalized spacial score (nSPS) is 10.4. The van der Waals surface area contributed by atoms with Gasteiger partial charge >= 0.3 is 0 Å². The molecule has 1 heterocycles. The van der Waals surface area contributed by atoms with Crippen LogP contribution >= 0.6 is 24.0 Å². The van der Waals surface area contributed by atoms with Crippen molar-refractivity contribution in [3.63, 3.8) is 0 Å². The Bertz CT molecular complexity index is 472. The lowest BCUT2D eigenvalue weighted by molar-refractivity contribution is 0.882. The minimum atomic E-state index is 0.626. The van der Waals surface area contributed by atoms with E-state index in [0.717, 1.165) is 10.8 Å². The second-order valence-electron chi connectivity index (χ2n) is 2.69. The Morgan fingerprint density at radius 3 is 2.71 bits per heavy atom. The second-order valence-corrected chi connectivity index (χ2v) is 3.85. The van der Waals surface area contributed by atoms with Crippen LogP contribution in [0.3, 0.4) is 0 Å². The first-order valence-corrected chi connectivity index (χ1v) is 5.73. The largest absolute Gasteiger partial charge is 0.263 e. The zero-order chi connectivity index (χ0) is 9.97. The molecule has 2 aromatic rings. The molecule has 14 heavy (non-hydrogen) atoms. The predicted octanol–water partition coefficient (Wildman–Crippen LogP) is 2.65. The summed E-state index contributed by atoms with van der Waals surface area (Å²) in [4.78, 5) is 0. The fraction of sp³-hybridized carbons (Fsp3) is 0.111. The van der Waals surface area contributed by atoms with Crippen molar-refractivity contribution >= 4 is 24.0 Å². The van der Waals surface area contributed by atoms with Crippen molar-refractivity contribution in [2.45, 2.75) is 5.16 Å². The Morgan fingerprint density at radius 1 is 1.36 bits per heavy atom. The first kappa shape index (κ1) is 9.48. The predicted molar refractivity (Wildman–Crippen MR) is 60.5 cm³/mol. The van der Waals surface area contributed by atoms with Crippen molar-refractivity contribution in [1.82, 2.24) is 14.8 Å². The molecule has 0 atom stereocenters. The molecular weight excluding hydrogens is 214 g/mol. The number of nitrogens with one attached hydrogen (secondary N) is 1. The fourth-order valence-corrected chi connectivity index (χ4v) is 2.04. The van der Waals surface area contributed by atoms with E-state index in [1.165, 1.54) is 0 Å². The third-order valence-corrected chi connectivity index (χ3v) is 2.75. The van der Waals surface area contributed by atoms with Gasteiger partial charge in [0.1, 0.15) is 0 Å². The molecule has 0 bridgehead atoms. The minimum Gasteiger partial charge on any atom is -0.263 e. The van der Waals surface area contributed by atoms with Crippen LogP contribution in [0.15, 0.2) is 35.5 Å². The molecule has 2 rings (SSSR count). The summed E-state index contributed by atoms with van der Waals surface area (Å²) in [7, 11) is 0. The Kier molecular flexibility index (Phi) is 2.69. The lowest BCUT2D eigenvalue weighted by Gasteiger charge is -2.03. The standard InChI is InChI=1S/C9H9N3S2/c1-14-9-11-10-8(13)12(9)7-5-3-2-4-6-7/h2-6H,1H3,(H,10,13). The molecule has 0 amide bonds. The Morgan fingerprint density at radius 2 is 2.07 bits per heavy atom. The van der Waals surface area contributed by atoms with E-state index in [9.17, 15) is 0 Å². The highest BCUT2D eigenvalue weighted by Crippen LogP contribution is 2.17. The van der Waals surface area contributed by atoms with Crippen molar-refractivity contribution in [3.05, 3.63) is 35.1 Å². The second kappa shape index (κ2) is 3.98. The highest BCUT2D eigenvalue weighted by atomic mass is 32.2. The van der Waals surface area contributed by atoms with Gasteiger partial charge in [-0.15, -0.1) is 5.10 Å². The molecule has 0 spiro atoms. The number of benzene rings is 1. The molecule has 1 aromatic heterocycles. The van der Waals surface area contributed by atoms with Gasteiger partial charge in [-0.1, -0.05) is 30.0 Å². The van der Waals surface area contributed by atoms with Gasteiger partial charge in [0, 0.05) is 0 Å². The van der Waals surface area contributed by atoms with Crippen LogP contribution in [-0.2, 0) is 0 Å². The highest BCUT2D eigenvalue weighted by Gasteiger charge is 2.05. The van der Waals surface area contributed by atoms with Crippen LogP contribution in [0.25, 0.3) is 5.69 Å². The van der Waals surface area contributed by atoms with Gasteiger partial charge in [0.25, 0.3) is 0 Å². The van der Waals surface area contributed by atoms with E-state index >= 15 is 0 Å². The van der Waals surface area contributed by atoms with Gasteiger partial charge in [-0.2, -0.15) is 0 Å². The van der Waals surface area contributed by atoms with Crippen molar-refractivity contribution in [1.29, 1.82) is 0 Å². The lowest BCUT2D eigenvalue weighted by Crippen LogP contribution is -1.95. The van der Waals surface area contributed by atoms with Gasteiger partial charge in [-0.25, -0.2) is 0 Å². The summed E-state index contributed by atoms with van der Waals surface area (Å²) in [6, 6.07) is 9.95. The number of aromatic nitrogens is 3. The maximum absolute atomic E-state index is 5.15. The summed E-state index contributed by atoms with van der Waals surface area (Å²) in [6.07, 6.45) is 1.98. The molecule has 1 N–H and O–H groups in total. The first-order valence-electron chi connectivity index (χ1n) is 4.10. The summed E-state index contributed by atoms with van der Waals surface area (Å²) in [6.45, 7) is 0. The van der Waals surface area contributed by atoms with Gasteiger partial charge in [0.15, 0.2) is 5.16 Å². The van der Waals surface area contributed by atoms with Crippen molar-refractivity contribution in [2.24, 2.45) is 0 Å². The highest BCUT2D eigenvalue weighted by molar-refractivity contribution is 7.98. The average molecular weight is 223 g/mol. The zero-order valence-electron chi connectivity index (χ0n) is 7.60. The van der Waals surface area contributed by atoms with E-state index in [2.05, 4.69) is 10.2 Å². The third kappa shape index (κ3) is 1.60. The fourth-order valence-electron chi connectivity index (χ4n) is 1.22. The molecule has 5 heteroatoms. The summed E-state index contributed by atoms with van der Waals surface area (Å²) < 4.78 is 2.54. The summed E-state index contributed by atoms with van der Waals surface area (Å²) in [5, 5.41) is 7.78. The van der Waals surface area contributed by atoms with Crippen molar-refractivity contribution in [3.8, 4) is 5.69 Å². The van der Waals surface area contributed by atoms with Crippen molar-refractivity contribution < 1.29 is 0 Å². The third-order valence-electron chi connectivity index (χ3n) is 1.84. The zero-order valence-corrected chi connectivity index (χ0v) is 9.23. The number of nitrogens with zero attached hydrogens (tertiary/aromatic N) is 2. The Balaban J connectivity index is 2.61. The molecule has 0 aliphatic rings. The van der Waals surface area contributed by atoms with E-state index in [-0.39, 0.29) is 0 Å². The smallest absolute Gasteiger partial charge is 0.200 e. The van der Waals surface area contributed by atoms with Crippen LogP contribution in [0.5, 0.6) is 0 Å². The van der Waals surface area contributed by atoms with Crippen LogP contribution in [-0.4, -0.2) is 21.0 Å².